The van der Waals surface area contributed by atoms with Gasteiger partial charge in [0.15, 0.2) is 11.9 Å². The van der Waals surface area contributed by atoms with E-state index < -0.39 is 24.2 Å². The number of aromatic nitrogens is 1. The fraction of sp³-hybridized carbons (Fsp3) is 0.267. The molecule has 3 aromatic rings. The maximum atomic E-state index is 13.3. The molecule has 2 aromatic carbocycles. The molecule has 0 bridgehead atoms. The number of carbonyl (C=O) groups excluding carboxylic acids is 1. The van der Waals surface area contributed by atoms with E-state index in [9.17, 15) is 27.9 Å². The number of carbonyl (C=O) groups is 2. The van der Waals surface area contributed by atoms with E-state index in [0.717, 1.165) is 11.1 Å². The maximum absolute atomic E-state index is 13.3. The van der Waals surface area contributed by atoms with Gasteiger partial charge in [0.25, 0.3) is 0 Å². The summed E-state index contributed by atoms with van der Waals surface area (Å²) in [6.45, 7) is 12.2. The number of Topliss-reactive ketones (excluding diaryl/α,β-unsaturated/α-hetero) is 1. The second-order valence-electron chi connectivity index (χ2n) is 8.78. The summed E-state index contributed by atoms with van der Waals surface area (Å²) in [5.41, 5.74) is 2.15. The van der Waals surface area contributed by atoms with Gasteiger partial charge in [-0.05, 0) is 64.5 Å². The topological polar surface area (TPSA) is 77.8 Å². The smallest absolute Gasteiger partial charge is 0.479 e. The number of allylic oxidation sites excluding steroid dienone is 5. The lowest BCUT2D eigenvalue weighted by Gasteiger charge is -2.15. The van der Waals surface area contributed by atoms with E-state index in [2.05, 4.69) is 11.3 Å². The molecule has 1 N–H and O–H groups in total. The first-order chi connectivity index (χ1) is 19.1. The van der Waals surface area contributed by atoms with Gasteiger partial charge in [-0.2, -0.15) is 0 Å². The quantitative estimate of drug-likeness (QED) is 0.193. The minimum atomic E-state index is -4.90. The van der Waals surface area contributed by atoms with Crippen molar-refractivity contribution < 1.29 is 37.3 Å². The summed E-state index contributed by atoms with van der Waals surface area (Å²) in [6, 6.07) is 8.24. The molecule has 1 aromatic heterocycles. The molecule has 6 nitrogen and oxygen atoms in total. The molecule has 0 aliphatic rings. The van der Waals surface area contributed by atoms with Crippen molar-refractivity contribution in [1.82, 2.24) is 4.57 Å². The van der Waals surface area contributed by atoms with Crippen molar-refractivity contribution in [1.29, 1.82) is 0 Å². The van der Waals surface area contributed by atoms with Gasteiger partial charge in [-0.1, -0.05) is 48.0 Å². The third-order valence-electron chi connectivity index (χ3n) is 5.91. The Morgan fingerprint density at radius 2 is 1.78 bits per heavy atom. The molecule has 11 heteroatoms. The number of benzene rings is 2. The molecule has 3 rings (SSSR count). The number of aliphatic carboxylic acids is 1. The number of ketones is 1. The van der Waals surface area contributed by atoms with Crippen molar-refractivity contribution >= 4 is 45.9 Å². The second-order valence-corrected chi connectivity index (χ2v) is 9.78. The monoisotopic (exact) mass is 611 g/mol. The molecule has 0 spiro atoms. The van der Waals surface area contributed by atoms with E-state index in [4.69, 9.17) is 27.9 Å². The van der Waals surface area contributed by atoms with E-state index in [-0.39, 0.29) is 28.5 Å². The molecule has 220 valence electrons. The van der Waals surface area contributed by atoms with E-state index in [1.807, 2.05) is 19.9 Å². The maximum Gasteiger partial charge on any atom is 0.573 e. The van der Waals surface area contributed by atoms with Gasteiger partial charge in [0.05, 0.1) is 10.5 Å². The molecule has 0 amide bonds. The number of rotatable bonds is 9. The number of carboxylic acids is 1. The SMILES string of the molecule is C/C=C(\C)Cl.C=C/C(=C\C)CC(=O)c1c(C)n(-c2ccc(Cl)c(O[C@@H](C)C(=O)O)c2)c2cc(OC(F)(F)F)ccc12. The van der Waals surface area contributed by atoms with Crippen LogP contribution in [0.3, 0.4) is 0 Å². The fourth-order valence-electron chi connectivity index (χ4n) is 3.81. The number of alkyl halides is 3. The van der Waals surface area contributed by atoms with Crippen molar-refractivity contribution in [2.75, 3.05) is 0 Å². The molecular weight excluding hydrogens is 582 g/mol. The zero-order valence-electron chi connectivity index (χ0n) is 23.1. The molecule has 0 unspecified atom stereocenters. The third-order valence-corrected chi connectivity index (χ3v) is 6.44. The molecule has 0 aliphatic carbocycles. The lowest BCUT2D eigenvalue weighted by Crippen LogP contribution is -2.23. The predicted octanol–water partition coefficient (Wildman–Crippen LogP) is 9.20. The summed E-state index contributed by atoms with van der Waals surface area (Å²) < 4.78 is 49.8. The number of hydrogen-bond acceptors (Lipinski definition) is 4. The second kappa shape index (κ2) is 14.3. The van der Waals surface area contributed by atoms with Gasteiger partial charge in [0.2, 0.25) is 0 Å². The summed E-state index contributed by atoms with van der Waals surface area (Å²) in [5, 5.41) is 10.6. The molecule has 1 atom stereocenters. The molecule has 0 saturated carbocycles. The van der Waals surface area contributed by atoms with Gasteiger partial charge in [-0.15, -0.1) is 13.2 Å². The zero-order valence-corrected chi connectivity index (χ0v) is 24.6. The molecule has 0 aliphatic heterocycles. The number of carboxylic acid groups (broad SMARTS) is 1. The predicted molar refractivity (Wildman–Crippen MR) is 156 cm³/mol. The highest BCUT2D eigenvalue weighted by Crippen LogP contribution is 2.37. The lowest BCUT2D eigenvalue weighted by atomic mass is 10.0. The summed E-state index contributed by atoms with van der Waals surface area (Å²) in [6.07, 6.45) is -0.900. The Morgan fingerprint density at radius 1 is 1.15 bits per heavy atom. The summed E-state index contributed by atoms with van der Waals surface area (Å²) in [7, 11) is 0. The Hall–Kier alpha value is -3.69. The highest BCUT2D eigenvalue weighted by molar-refractivity contribution is 6.32. The Balaban J connectivity index is 0.00000108. The summed E-state index contributed by atoms with van der Waals surface area (Å²) in [5.74, 6) is -1.86. The van der Waals surface area contributed by atoms with E-state index in [0.29, 0.717) is 27.9 Å². The molecule has 1 heterocycles. The first-order valence-corrected chi connectivity index (χ1v) is 13.1. The molecule has 0 saturated heterocycles. The Bertz CT molecular complexity index is 1500. The molecule has 41 heavy (non-hydrogen) atoms. The van der Waals surface area contributed by atoms with E-state index >= 15 is 0 Å². The minimum absolute atomic E-state index is 0.0475. The fourth-order valence-corrected chi connectivity index (χ4v) is 3.97. The molecular formula is C30H30Cl2F3NO5. The van der Waals surface area contributed by atoms with Crippen molar-refractivity contribution in [2.24, 2.45) is 0 Å². The number of halogens is 5. The van der Waals surface area contributed by atoms with Crippen LogP contribution in [0.5, 0.6) is 11.5 Å². The van der Waals surface area contributed by atoms with Gasteiger partial charge >= 0.3 is 12.3 Å². The van der Waals surface area contributed by atoms with Crippen LogP contribution in [0, 0.1) is 6.92 Å². The van der Waals surface area contributed by atoms with Gasteiger partial charge in [0, 0.05) is 45.9 Å². The average Bonchev–Trinajstić information content (AvgIpc) is 3.18. The van der Waals surface area contributed by atoms with Crippen LogP contribution in [0.2, 0.25) is 5.02 Å². The first-order valence-electron chi connectivity index (χ1n) is 12.3. The van der Waals surface area contributed by atoms with Crippen LogP contribution in [0.25, 0.3) is 16.6 Å². The standard InChI is InChI=1S/C26H23ClF3NO5.C4H7Cl/c1-5-16(6-2)11-22(32)24-14(3)31(21-13-18(8-9-19(21)24)36-26(28,29)30)17-7-10-20(27)23(12-17)35-15(4)25(33)34;1-3-4(2)5/h5-10,12-13,15H,1,11H2,2-4H3,(H,33,34);3H,1-2H3/b16-6+;4-3+/t15-;/m0./s1. The van der Waals surface area contributed by atoms with Crippen LogP contribution in [0.4, 0.5) is 13.2 Å². The van der Waals surface area contributed by atoms with Crippen LogP contribution in [-0.4, -0.2) is 33.9 Å². The van der Waals surface area contributed by atoms with Crippen molar-refractivity contribution in [3.05, 3.63) is 88.1 Å². The van der Waals surface area contributed by atoms with E-state index in [1.54, 1.807) is 36.6 Å². The lowest BCUT2D eigenvalue weighted by molar-refractivity contribution is -0.274. The molecule has 0 fully saturated rings. The van der Waals surface area contributed by atoms with Crippen LogP contribution < -0.4 is 9.47 Å². The van der Waals surface area contributed by atoms with Gasteiger partial charge in [0.1, 0.15) is 11.5 Å². The summed E-state index contributed by atoms with van der Waals surface area (Å²) >= 11 is 11.5. The third kappa shape index (κ3) is 8.90. The van der Waals surface area contributed by atoms with Gasteiger partial charge < -0.3 is 19.1 Å². The summed E-state index contributed by atoms with van der Waals surface area (Å²) in [4.78, 5) is 24.5. The van der Waals surface area contributed by atoms with Gasteiger partial charge in [-0.25, -0.2) is 4.79 Å². The van der Waals surface area contributed by atoms with E-state index in [1.165, 1.54) is 31.2 Å². The number of ether oxygens (including phenoxy) is 2. The number of fused-ring (bicyclic) bond motifs is 1. The number of nitrogens with zero attached hydrogens (tertiary/aromatic N) is 1. The van der Waals surface area contributed by atoms with Crippen LogP contribution in [0.1, 0.15) is 50.2 Å². The normalized spacial score (nSPS) is 12.8. The first kappa shape index (κ1) is 33.5. The highest BCUT2D eigenvalue weighted by Gasteiger charge is 2.32. The number of hydrogen-bond donors (Lipinski definition) is 1. The Kier molecular flexibility index (Phi) is 11.7. The van der Waals surface area contributed by atoms with Crippen molar-refractivity contribution in [2.45, 2.75) is 53.5 Å². The van der Waals surface area contributed by atoms with Crippen LogP contribution in [0.15, 0.2) is 71.8 Å². The van der Waals surface area contributed by atoms with Crippen molar-refractivity contribution in [3.8, 4) is 17.2 Å². The van der Waals surface area contributed by atoms with Crippen LogP contribution in [-0.2, 0) is 4.79 Å². The Morgan fingerprint density at radius 3 is 2.29 bits per heavy atom. The Labute approximate surface area is 246 Å². The van der Waals surface area contributed by atoms with Crippen molar-refractivity contribution in [3.63, 3.8) is 0 Å². The minimum Gasteiger partial charge on any atom is -0.479 e. The van der Waals surface area contributed by atoms with Gasteiger partial charge in [-0.3, -0.25) is 4.79 Å². The molecule has 0 radical (unpaired) electrons. The largest absolute Gasteiger partial charge is 0.573 e. The zero-order chi connectivity index (χ0) is 31.1. The van der Waals surface area contributed by atoms with Crippen LogP contribution >= 0.6 is 23.2 Å². The highest BCUT2D eigenvalue weighted by atomic mass is 35.5. The average molecular weight is 612 g/mol.